The first-order valence-corrected chi connectivity index (χ1v) is 7.68. The van der Waals surface area contributed by atoms with Gasteiger partial charge >= 0.3 is 11.6 Å². The standard InChI is InChI=1S/C16H18F3NO2S/c1-15(2,3)22-14(21)20-11-5-4-6-12-7-9-13(10-8-12)23-16(17,18)19/h7-10H,5,11H2,1-3H3,(H,20,21). The molecule has 0 unspecified atom stereocenters. The van der Waals surface area contributed by atoms with Crippen molar-refractivity contribution in [3.05, 3.63) is 29.8 Å². The molecule has 0 heterocycles. The Balaban J connectivity index is 2.38. The Morgan fingerprint density at radius 1 is 1.22 bits per heavy atom. The van der Waals surface area contributed by atoms with Crippen LogP contribution in [0.4, 0.5) is 18.0 Å². The Morgan fingerprint density at radius 2 is 1.83 bits per heavy atom. The van der Waals surface area contributed by atoms with Gasteiger partial charge in [0, 0.05) is 23.4 Å². The smallest absolute Gasteiger partial charge is 0.444 e. The summed E-state index contributed by atoms with van der Waals surface area (Å²) in [6, 6.07) is 5.81. The summed E-state index contributed by atoms with van der Waals surface area (Å²) >= 11 is -0.161. The van der Waals surface area contributed by atoms with Crippen LogP contribution < -0.4 is 5.32 Å². The maximum Gasteiger partial charge on any atom is 0.446 e. The molecule has 23 heavy (non-hydrogen) atoms. The monoisotopic (exact) mass is 345 g/mol. The average Bonchev–Trinajstić information content (AvgIpc) is 2.36. The SMILES string of the molecule is CC(C)(C)OC(=O)NCCC#Cc1ccc(SC(F)(F)F)cc1. The molecule has 126 valence electrons. The van der Waals surface area contributed by atoms with E-state index in [0.29, 0.717) is 18.5 Å². The predicted molar refractivity (Wildman–Crippen MR) is 84.1 cm³/mol. The summed E-state index contributed by atoms with van der Waals surface area (Å²) in [7, 11) is 0. The van der Waals surface area contributed by atoms with E-state index in [1.54, 1.807) is 20.8 Å². The Hall–Kier alpha value is -1.81. The number of nitrogens with one attached hydrogen (secondary N) is 1. The van der Waals surface area contributed by atoms with Gasteiger partial charge < -0.3 is 10.1 Å². The molecular formula is C16H18F3NO2S. The van der Waals surface area contributed by atoms with Gasteiger partial charge in [-0.05, 0) is 56.8 Å². The second-order valence-corrected chi connectivity index (χ2v) is 6.69. The van der Waals surface area contributed by atoms with Gasteiger partial charge in [0.1, 0.15) is 5.60 Å². The van der Waals surface area contributed by atoms with Gasteiger partial charge in [-0.2, -0.15) is 13.2 Å². The molecule has 0 saturated carbocycles. The van der Waals surface area contributed by atoms with Crippen molar-refractivity contribution in [3.63, 3.8) is 0 Å². The van der Waals surface area contributed by atoms with E-state index in [9.17, 15) is 18.0 Å². The summed E-state index contributed by atoms with van der Waals surface area (Å²) in [4.78, 5) is 11.5. The van der Waals surface area contributed by atoms with E-state index in [4.69, 9.17) is 4.74 Å². The van der Waals surface area contributed by atoms with E-state index in [0.717, 1.165) is 0 Å². The van der Waals surface area contributed by atoms with Gasteiger partial charge in [0.05, 0.1) is 0 Å². The van der Waals surface area contributed by atoms with Crippen LogP contribution in [-0.2, 0) is 4.74 Å². The molecular weight excluding hydrogens is 327 g/mol. The molecule has 1 amide bonds. The zero-order chi connectivity index (χ0) is 17.5. The number of hydrogen-bond donors (Lipinski definition) is 1. The highest BCUT2D eigenvalue weighted by molar-refractivity contribution is 8.00. The summed E-state index contributed by atoms with van der Waals surface area (Å²) in [6.45, 7) is 5.65. The number of ether oxygens (including phenoxy) is 1. The summed E-state index contributed by atoms with van der Waals surface area (Å²) in [6.07, 6.45) is -0.0917. The summed E-state index contributed by atoms with van der Waals surface area (Å²) in [5, 5.41) is 2.57. The number of rotatable bonds is 3. The highest BCUT2D eigenvalue weighted by atomic mass is 32.2. The summed E-state index contributed by atoms with van der Waals surface area (Å²) in [5.74, 6) is 5.66. The largest absolute Gasteiger partial charge is 0.446 e. The van der Waals surface area contributed by atoms with Gasteiger partial charge in [-0.1, -0.05) is 11.8 Å². The van der Waals surface area contributed by atoms with Crippen LogP contribution in [0.2, 0.25) is 0 Å². The minimum Gasteiger partial charge on any atom is -0.444 e. The topological polar surface area (TPSA) is 38.3 Å². The van der Waals surface area contributed by atoms with E-state index in [1.807, 2.05) is 0 Å². The minimum absolute atomic E-state index is 0.120. The fourth-order valence-electron chi connectivity index (χ4n) is 1.45. The lowest BCUT2D eigenvalue weighted by atomic mass is 10.2. The molecule has 3 nitrogen and oxygen atoms in total. The number of benzene rings is 1. The van der Waals surface area contributed by atoms with Gasteiger partial charge in [-0.15, -0.1) is 0 Å². The third kappa shape index (κ3) is 9.74. The number of alkyl carbamates (subject to hydrolysis) is 1. The van der Waals surface area contributed by atoms with Crippen LogP contribution in [0.1, 0.15) is 32.8 Å². The van der Waals surface area contributed by atoms with Crippen LogP contribution in [0.15, 0.2) is 29.2 Å². The molecule has 1 N–H and O–H groups in total. The van der Waals surface area contributed by atoms with E-state index in [2.05, 4.69) is 17.2 Å². The Morgan fingerprint density at radius 3 is 2.35 bits per heavy atom. The Kier molecular flexibility index (Phi) is 6.82. The van der Waals surface area contributed by atoms with E-state index in [1.165, 1.54) is 24.3 Å². The number of amides is 1. The molecule has 0 aliphatic carbocycles. The van der Waals surface area contributed by atoms with Crippen molar-refractivity contribution < 1.29 is 22.7 Å². The van der Waals surface area contributed by atoms with Crippen molar-refractivity contribution >= 4 is 17.9 Å². The maximum atomic E-state index is 12.2. The fourth-order valence-corrected chi connectivity index (χ4v) is 1.99. The van der Waals surface area contributed by atoms with Crippen LogP contribution in [0.3, 0.4) is 0 Å². The summed E-state index contributed by atoms with van der Waals surface area (Å²) in [5.41, 5.74) is -4.22. The highest BCUT2D eigenvalue weighted by Crippen LogP contribution is 2.36. The van der Waals surface area contributed by atoms with Gasteiger partial charge in [-0.25, -0.2) is 4.79 Å². The van der Waals surface area contributed by atoms with Crippen molar-refractivity contribution in [2.45, 2.75) is 43.2 Å². The molecule has 0 aliphatic rings. The first-order valence-electron chi connectivity index (χ1n) is 6.87. The van der Waals surface area contributed by atoms with Gasteiger partial charge in [-0.3, -0.25) is 0 Å². The maximum absolute atomic E-state index is 12.2. The van der Waals surface area contributed by atoms with Crippen molar-refractivity contribution in [2.24, 2.45) is 0 Å². The number of thioether (sulfide) groups is 1. The molecule has 0 fully saturated rings. The first kappa shape index (κ1) is 19.2. The van der Waals surface area contributed by atoms with Crippen molar-refractivity contribution in [2.75, 3.05) is 6.54 Å². The lowest BCUT2D eigenvalue weighted by Gasteiger charge is -2.19. The van der Waals surface area contributed by atoms with Crippen LogP contribution in [0, 0.1) is 11.8 Å². The van der Waals surface area contributed by atoms with Crippen LogP contribution in [0.5, 0.6) is 0 Å². The lowest BCUT2D eigenvalue weighted by molar-refractivity contribution is -0.0328. The highest BCUT2D eigenvalue weighted by Gasteiger charge is 2.28. The molecule has 0 radical (unpaired) electrons. The van der Waals surface area contributed by atoms with Gasteiger partial charge in [0.25, 0.3) is 0 Å². The summed E-state index contributed by atoms with van der Waals surface area (Å²) < 4.78 is 41.6. The van der Waals surface area contributed by atoms with Crippen molar-refractivity contribution in [3.8, 4) is 11.8 Å². The van der Waals surface area contributed by atoms with Gasteiger partial charge in [0.15, 0.2) is 0 Å². The number of carbonyl (C=O) groups is 1. The van der Waals surface area contributed by atoms with Crippen molar-refractivity contribution in [1.82, 2.24) is 5.32 Å². The minimum atomic E-state index is -4.29. The zero-order valence-corrected chi connectivity index (χ0v) is 13.9. The molecule has 0 spiro atoms. The van der Waals surface area contributed by atoms with Crippen LogP contribution in [0.25, 0.3) is 0 Å². The second kappa shape index (κ2) is 8.16. The van der Waals surface area contributed by atoms with Crippen LogP contribution in [-0.4, -0.2) is 23.7 Å². The third-order valence-electron chi connectivity index (χ3n) is 2.24. The number of hydrogen-bond acceptors (Lipinski definition) is 3. The van der Waals surface area contributed by atoms with E-state index in [-0.39, 0.29) is 16.7 Å². The fraction of sp³-hybridized carbons (Fsp3) is 0.438. The van der Waals surface area contributed by atoms with E-state index < -0.39 is 17.2 Å². The third-order valence-corrected chi connectivity index (χ3v) is 2.98. The second-order valence-electron chi connectivity index (χ2n) is 5.55. The number of halogens is 3. The lowest BCUT2D eigenvalue weighted by Crippen LogP contribution is -2.32. The number of alkyl halides is 3. The molecule has 1 aromatic rings. The van der Waals surface area contributed by atoms with E-state index >= 15 is 0 Å². The molecule has 0 atom stereocenters. The van der Waals surface area contributed by atoms with Gasteiger partial charge in [0.2, 0.25) is 0 Å². The van der Waals surface area contributed by atoms with Crippen molar-refractivity contribution in [1.29, 1.82) is 0 Å². The molecule has 0 aliphatic heterocycles. The molecule has 0 saturated heterocycles. The average molecular weight is 345 g/mol. The molecule has 1 rings (SSSR count). The number of carbonyl (C=O) groups excluding carboxylic acids is 1. The van der Waals surface area contributed by atoms with Crippen LogP contribution >= 0.6 is 11.8 Å². The first-order chi connectivity index (χ1) is 10.6. The normalized spacial score (nSPS) is 11.4. The Labute approximate surface area is 138 Å². The molecule has 0 bridgehead atoms. The molecule has 1 aromatic carbocycles. The molecule has 0 aromatic heterocycles. The zero-order valence-electron chi connectivity index (χ0n) is 13.1. The Bertz CT molecular complexity index is 581. The predicted octanol–water partition coefficient (Wildman–Crippen LogP) is 4.56. The molecule has 7 heteroatoms. The quantitative estimate of drug-likeness (QED) is 0.496.